The van der Waals surface area contributed by atoms with E-state index >= 15 is 0 Å². The minimum atomic E-state index is -2.76. The fourth-order valence-electron chi connectivity index (χ4n) is 4.01. The van der Waals surface area contributed by atoms with Crippen LogP contribution in [0.4, 0.5) is 22.7 Å². The quantitative estimate of drug-likeness (QED) is 0.0953. The van der Waals surface area contributed by atoms with Crippen LogP contribution in [0.3, 0.4) is 0 Å². The average Bonchev–Trinajstić information content (AvgIpc) is 2.86. The largest absolute Gasteiger partial charge is 0.500 e. The first-order chi connectivity index (χ1) is 17.3. The Morgan fingerprint density at radius 1 is 0.917 bits per heavy atom. The molecule has 198 valence electrons. The fraction of sp³-hybridized carbons (Fsp3) is 0.520. The first-order valence-corrected chi connectivity index (χ1v) is 14.8. The van der Waals surface area contributed by atoms with Crippen molar-refractivity contribution < 1.29 is 18.2 Å². The summed E-state index contributed by atoms with van der Waals surface area (Å²) in [5.74, 6) is 0. The van der Waals surface area contributed by atoms with Crippen LogP contribution in [-0.2, 0) is 19.7 Å². The van der Waals surface area contributed by atoms with E-state index in [1.165, 1.54) is 12.1 Å². The molecular formula is C25H37ClN4O5Si. The third-order valence-electron chi connectivity index (χ3n) is 5.64. The van der Waals surface area contributed by atoms with Gasteiger partial charge in [-0.05, 0) is 77.3 Å². The predicted octanol–water partition coefficient (Wildman–Crippen LogP) is 7.49. The van der Waals surface area contributed by atoms with E-state index in [2.05, 4.69) is 29.0 Å². The van der Waals surface area contributed by atoms with Gasteiger partial charge in [0, 0.05) is 56.8 Å². The average molecular weight is 537 g/mol. The van der Waals surface area contributed by atoms with E-state index in [9.17, 15) is 10.1 Å². The standard InChI is InChI=1S/C25H37ClN4O5Si/c1-6-29(7-2)24-18-17-23(28-27-20-13-15-21(16-14-20)30(31)32)25(26)22(24)12-11-19-36(33-8-3,34-9-4)35-10-5/h13-18H,6-12,19H2,1-5H3. The molecular weight excluding hydrogens is 500 g/mol. The summed E-state index contributed by atoms with van der Waals surface area (Å²) in [4.78, 5) is 12.7. The predicted molar refractivity (Wildman–Crippen MR) is 146 cm³/mol. The number of azo groups is 1. The molecule has 0 N–H and O–H groups in total. The number of nitrogens with zero attached hydrogens (tertiary/aromatic N) is 4. The van der Waals surface area contributed by atoms with E-state index < -0.39 is 13.7 Å². The number of anilines is 1. The first kappa shape index (κ1) is 29.9. The number of nitro benzene ring substituents is 1. The van der Waals surface area contributed by atoms with Crippen molar-refractivity contribution in [2.24, 2.45) is 10.2 Å². The molecule has 0 aliphatic heterocycles. The zero-order valence-corrected chi connectivity index (χ0v) is 23.6. The van der Waals surface area contributed by atoms with Gasteiger partial charge < -0.3 is 18.2 Å². The van der Waals surface area contributed by atoms with E-state index in [-0.39, 0.29) is 5.69 Å². The van der Waals surface area contributed by atoms with Crippen LogP contribution in [0.15, 0.2) is 46.6 Å². The summed E-state index contributed by atoms with van der Waals surface area (Å²) < 4.78 is 18.0. The molecule has 0 aliphatic rings. The molecule has 9 nitrogen and oxygen atoms in total. The van der Waals surface area contributed by atoms with Gasteiger partial charge in [0.05, 0.1) is 15.6 Å². The van der Waals surface area contributed by atoms with Crippen molar-refractivity contribution in [1.82, 2.24) is 0 Å². The normalized spacial score (nSPS) is 11.8. The molecule has 2 rings (SSSR count). The molecule has 2 aromatic carbocycles. The monoisotopic (exact) mass is 536 g/mol. The molecule has 0 bridgehead atoms. The second kappa shape index (κ2) is 15.0. The molecule has 0 spiro atoms. The molecule has 0 atom stereocenters. The van der Waals surface area contributed by atoms with Gasteiger partial charge in [0.2, 0.25) is 0 Å². The smallest absolute Gasteiger partial charge is 0.374 e. The first-order valence-electron chi connectivity index (χ1n) is 12.5. The minimum absolute atomic E-state index is 0.00336. The Bertz CT molecular complexity index is 986. The lowest BCUT2D eigenvalue weighted by Gasteiger charge is -2.29. The highest BCUT2D eigenvalue weighted by molar-refractivity contribution is 6.60. The number of halogens is 1. The third-order valence-corrected chi connectivity index (χ3v) is 9.21. The highest BCUT2D eigenvalue weighted by atomic mass is 35.5. The van der Waals surface area contributed by atoms with Crippen LogP contribution in [0.2, 0.25) is 11.1 Å². The lowest BCUT2D eigenvalue weighted by molar-refractivity contribution is -0.384. The molecule has 2 aromatic rings. The molecule has 11 heteroatoms. The van der Waals surface area contributed by atoms with Gasteiger partial charge in [0.15, 0.2) is 0 Å². The summed E-state index contributed by atoms with van der Waals surface area (Å²) >= 11 is 6.89. The lowest BCUT2D eigenvalue weighted by Crippen LogP contribution is -2.46. The Labute approximate surface area is 219 Å². The zero-order valence-electron chi connectivity index (χ0n) is 21.8. The van der Waals surface area contributed by atoms with Crippen molar-refractivity contribution in [3.63, 3.8) is 0 Å². The second-order valence-electron chi connectivity index (χ2n) is 7.88. The van der Waals surface area contributed by atoms with Crippen molar-refractivity contribution in [2.75, 3.05) is 37.8 Å². The summed E-state index contributed by atoms with van der Waals surface area (Å²) in [5.41, 5.74) is 3.11. The van der Waals surface area contributed by atoms with Crippen molar-refractivity contribution in [2.45, 2.75) is 53.5 Å². The van der Waals surface area contributed by atoms with Crippen LogP contribution < -0.4 is 4.90 Å². The van der Waals surface area contributed by atoms with Gasteiger partial charge in [-0.2, -0.15) is 5.11 Å². The lowest BCUT2D eigenvalue weighted by atomic mass is 10.1. The molecule has 0 aliphatic carbocycles. The second-order valence-corrected chi connectivity index (χ2v) is 11.0. The molecule has 36 heavy (non-hydrogen) atoms. The van der Waals surface area contributed by atoms with E-state index in [4.69, 9.17) is 24.9 Å². The molecule has 0 saturated carbocycles. The van der Waals surface area contributed by atoms with Crippen LogP contribution in [0.25, 0.3) is 0 Å². The molecule has 0 saturated heterocycles. The fourth-order valence-corrected chi connectivity index (χ4v) is 6.91. The Balaban J connectivity index is 2.33. The van der Waals surface area contributed by atoms with E-state index in [0.717, 1.165) is 30.8 Å². The van der Waals surface area contributed by atoms with Crippen molar-refractivity contribution in [1.29, 1.82) is 0 Å². The Morgan fingerprint density at radius 2 is 1.50 bits per heavy atom. The SMILES string of the molecule is CCO[Si](CCCc1c(N(CC)CC)ccc(N=Nc2ccc([N+](=O)[O-])cc2)c1Cl)(OCC)OCC. The number of hydrogen-bond acceptors (Lipinski definition) is 8. The van der Waals surface area contributed by atoms with Gasteiger partial charge in [0.1, 0.15) is 5.69 Å². The van der Waals surface area contributed by atoms with E-state index in [1.807, 2.05) is 32.9 Å². The Kier molecular flexibility index (Phi) is 12.4. The number of non-ortho nitro benzene ring substituents is 1. The Hall–Kier alpha value is -2.37. The van der Waals surface area contributed by atoms with Crippen molar-refractivity contribution in [3.8, 4) is 0 Å². The van der Waals surface area contributed by atoms with Crippen LogP contribution in [0, 0.1) is 10.1 Å². The van der Waals surface area contributed by atoms with E-state index in [0.29, 0.717) is 48.7 Å². The van der Waals surface area contributed by atoms with E-state index in [1.54, 1.807) is 12.1 Å². The Morgan fingerprint density at radius 3 is 2.00 bits per heavy atom. The van der Waals surface area contributed by atoms with Gasteiger partial charge in [0.25, 0.3) is 5.69 Å². The molecule has 0 heterocycles. The summed E-state index contributed by atoms with van der Waals surface area (Å²) in [5, 5.41) is 20.0. The van der Waals surface area contributed by atoms with Gasteiger partial charge in [-0.1, -0.05) is 11.6 Å². The molecule has 0 aromatic heterocycles. The number of nitro groups is 1. The van der Waals surface area contributed by atoms with Crippen LogP contribution >= 0.6 is 11.6 Å². The molecule has 0 radical (unpaired) electrons. The van der Waals surface area contributed by atoms with Gasteiger partial charge in [-0.3, -0.25) is 10.1 Å². The van der Waals surface area contributed by atoms with Crippen LogP contribution in [0.1, 0.15) is 46.6 Å². The number of benzene rings is 2. The summed E-state index contributed by atoms with van der Waals surface area (Å²) in [6.07, 6.45) is 1.48. The van der Waals surface area contributed by atoms with Crippen LogP contribution in [0.5, 0.6) is 0 Å². The number of hydrogen-bond donors (Lipinski definition) is 0. The highest BCUT2D eigenvalue weighted by Crippen LogP contribution is 2.38. The van der Waals surface area contributed by atoms with Gasteiger partial charge in [-0.15, -0.1) is 5.11 Å². The topological polar surface area (TPSA) is 98.8 Å². The minimum Gasteiger partial charge on any atom is -0.374 e. The van der Waals surface area contributed by atoms with Gasteiger partial charge >= 0.3 is 8.80 Å². The maximum absolute atomic E-state index is 10.9. The summed E-state index contributed by atoms with van der Waals surface area (Å²) in [6.45, 7) is 13.4. The third kappa shape index (κ3) is 8.07. The van der Waals surface area contributed by atoms with Crippen molar-refractivity contribution in [3.05, 3.63) is 57.1 Å². The maximum Gasteiger partial charge on any atom is 0.500 e. The molecule has 0 unspecified atom stereocenters. The van der Waals surface area contributed by atoms with Gasteiger partial charge in [-0.25, -0.2) is 0 Å². The van der Waals surface area contributed by atoms with Crippen LogP contribution in [-0.4, -0.2) is 46.6 Å². The molecule has 0 fully saturated rings. The summed E-state index contributed by atoms with van der Waals surface area (Å²) in [6, 6.07) is 10.5. The van der Waals surface area contributed by atoms with Crippen molar-refractivity contribution >= 4 is 43.2 Å². The number of rotatable bonds is 16. The molecule has 0 amide bonds. The zero-order chi connectivity index (χ0) is 26.6. The summed E-state index contributed by atoms with van der Waals surface area (Å²) in [7, 11) is -2.76. The maximum atomic E-state index is 10.9. The highest BCUT2D eigenvalue weighted by Gasteiger charge is 2.39.